The van der Waals surface area contributed by atoms with Crippen LogP contribution in [-0.4, -0.2) is 24.4 Å². The van der Waals surface area contributed by atoms with Gasteiger partial charge in [-0.1, -0.05) is 23.2 Å². The highest BCUT2D eigenvalue weighted by Gasteiger charge is 2.41. The van der Waals surface area contributed by atoms with Gasteiger partial charge in [0.05, 0.1) is 33.1 Å². The molecule has 0 radical (unpaired) electrons. The molecule has 132 valence electrons. The monoisotopic (exact) mass is 444 g/mol. The highest BCUT2D eigenvalue weighted by atomic mass is 35.5. The minimum atomic E-state index is -4.92. The highest BCUT2D eigenvalue weighted by Crippen LogP contribution is 2.37. The van der Waals surface area contributed by atoms with Crippen molar-refractivity contribution in [2.75, 3.05) is 0 Å². The highest BCUT2D eigenvalue weighted by molar-refractivity contribution is 7.95. The Hall–Kier alpha value is -0.580. The second kappa shape index (κ2) is 6.97. The number of nitrogens with zero attached hydrogens (tertiary/aromatic N) is 2. The van der Waals surface area contributed by atoms with Crippen LogP contribution in [-0.2, 0) is 11.2 Å². The second-order valence-corrected chi connectivity index (χ2v) is 8.13. The fraction of sp³-hybridized carbons (Fsp3) is 0.182. The molecule has 1 aromatic heterocycles. The Morgan fingerprint density at radius 1 is 1.12 bits per heavy atom. The predicted molar refractivity (Wildman–Crippen MR) is 82.2 cm³/mol. The SMILES string of the molecule is [O-][S+](c1cn(-c2c(Cl)cc(OC(F)(F)F)cc2Cl)cn1)C(F)(Cl)Cl. The van der Waals surface area contributed by atoms with Crippen LogP contribution in [0.25, 0.3) is 5.69 Å². The third-order valence-electron chi connectivity index (χ3n) is 2.44. The number of rotatable bonds is 4. The lowest BCUT2D eigenvalue weighted by molar-refractivity contribution is -0.274. The number of imidazole rings is 1. The maximum atomic E-state index is 13.3. The molecule has 24 heavy (non-hydrogen) atoms. The normalized spacial score (nSPS) is 13.9. The largest absolute Gasteiger partial charge is 0.606 e. The summed E-state index contributed by atoms with van der Waals surface area (Å²) in [4.78, 5) is 3.65. The van der Waals surface area contributed by atoms with Gasteiger partial charge in [0.2, 0.25) is 0 Å². The standard InChI is InChI=1S/C11H4Cl4F4N2O2S/c12-6-1-5(23-11(17,18)19)2-7(13)9(6)21-3-8(20-4-21)24(22)10(14,15)16/h1-4H. The Labute approximate surface area is 155 Å². The topological polar surface area (TPSA) is 50.1 Å². The van der Waals surface area contributed by atoms with E-state index < -0.39 is 27.2 Å². The Balaban J connectivity index is 2.38. The second-order valence-electron chi connectivity index (χ2n) is 4.12. The van der Waals surface area contributed by atoms with Gasteiger partial charge in [-0.3, -0.25) is 4.57 Å². The zero-order chi connectivity index (χ0) is 18.3. The lowest BCUT2D eigenvalue weighted by Crippen LogP contribution is -2.21. The molecule has 0 aliphatic rings. The van der Waals surface area contributed by atoms with Crippen molar-refractivity contribution in [2.24, 2.45) is 0 Å². The van der Waals surface area contributed by atoms with Crippen molar-refractivity contribution in [3.63, 3.8) is 0 Å². The van der Waals surface area contributed by atoms with Crippen molar-refractivity contribution >= 4 is 57.6 Å². The smallest absolute Gasteiger partial charge is 0.573 e. The van der Waals surface area contributed by atoms with E-state index in [0.717, 1.165) is 29.2 Å². The Morgan fingerprint density at radius 2 is 1.67 bits per heavy atom. The van der Waals surface area contributed by atoms with Crippen LogP contribution >= 0.6 is 46.4 Å². The summed E-state index contributed by atoms with van der Waals surface area (Å²) < 4.78 is 63.3. The van der Waals surface area contributed by atoms with E-state index in [1.54, 1.807) is 0 Å². The molecule has 13 heteroatoms. The average Bonchev–Trinajstić information content (AvgIpc) is 2.82. The van der Waals surface area contributed by atoms with E-state index in [1.165, 1.54) is 0 Å². The third-order valence-corrected chi connectivity index (χ3v) is 4.87. The molecule has 0 aliphatic carbocycles. The summed E-state index contributed by atoms with van der Waals surface area (Å²) in [5.41, 5.74) is 0.0113. The lowest BCUT2D eigenvalue weighted by atomic mass is 10.3. The lowest BCUT2D eigenvalue weighted by Gasteiger charge is -2.13. The van der Waals surface area contributed by atoms with Gasteiger partial charge in [0, 0.05) is 12.1 Å². The van der Waals surface area contributed by atoms with Crippen LogP contribution in [0.15, 0.2) is 29.7 Å². The summed E-state index contributed by atoms with van der Waals surface area (Å²) in [6.45, 7) is 0. The van der Waals surface area contributed by atoms with Crippen LogP contribution in [0, 0.1) is 0 Å². The van der Waals surface area contributed by atoms with Gasteiger partial charge in [0.25, 0.3) is 5.03 Å². The first-order valence-electron chi connectivity index (χ1n) is 5.66. The molecule has 1 atom stereocenters. The van der Waals surface area contributed by atoms with Gasteiger partial charge in [-0.2, -0.15) is 9.37 Å². The van der Waals surface area contributed by atoms with E-state index in [9.17, 15) is 22.1 Å². The zero-order valence-electron chi connectivity index (χ0n) is 11.0. The van der Waals surface area contributed by atoms with Gasteiger partial charge in [-0.15, -0.1) is 13.2 Å². The van der Waals surface area contributed by atoms with Crippen molar-refractivity contribution in [3.05, 3.63) is 34.7 Å². The molecule has 1 aromatic carbocycles. The molecule has 1 unspecified atom stereocenters. The fourth-order valence-electron chi connectivity index (χ4n) is 1.62. The maximum Gasteiger partial charge on any atom is 0.573 e. The Bertz CT molecular complexity index is 727. The van der Waals surface area contributed by atoms with Crippen LogP contribution < -0.4 is 4.74 Å². The molecule has 0 aliphatic heterocycles. The van der Waals surface area contributed by atoms with Crippen molar-refractivity contribution in [1.82, 2.24) is 9.55 Å². The fourth-order valence-corrected chi connectivity index (χ4v) is 3.35. The summed E-state index contributed by atoms with van der Waals surface area (Å²) in [6, 6.07) is 1.74. The predicted octanol–water partition coefficient (Wildman–Crippen LogP) is 5.24. The van der Waals surface area contributed by atoms with E-state index in [1.807, 2.05) is 0 Å². The van der Waals surface area contributed by atoms with Crippen LogP contribution in [0.4, 0.5) is 17.6 Å². The average molecular weight is 446 g/mol. The summed E-state index contributed by atoms with van der Waals surface area (Å²) in [7, 11) is 0. The van der Waals surface area contributed by atoms with Gasteiger partial charge >= 0.3 is 10.3 Å². The molecule has 0 fully saturated rings. The third kappa shape index (κ3) is 4.74. The number of halogens is 8. The summed E-state index contributed by atoms with van der Waals surface area (Å²) in [6.07, 6.45) is -2.80. The molecular weight excluding hydrogens is 442 g/mol. The zero-order valence-corrected chi connectivity index (χ0v) is 14.8. The summed E-state index contributed by atoms with van der Waals surface area (Å²) >= 11 is 19.5. The number of hydrogen-bond acceptors (Lipinski definition) is 3. The first-order valence-corrected chi connectivity index (χ1v) is 8.32. The van der Waals surface area contributed by atoms with Crippen LogP contribution in [0.5, 0.6) is 5.75 Å². The van der Waals surface area contributed by atoms with E-state index >= 15 is 0 Å². The molecule has 2 rings (SSSR count). The van der Waals surface area contributed by atoms with Crippen molar-refractivity contribution in [2.45, 2.75) is 15.3 Å². The van der Waals surface area contributed by atoms with Crippen LogP contribution in [0.1, 0.15) is 0 Å². The summed E-state index contributed by atoms with van der Waals surface area (Å²) in [5.74, 6) is -0.630. The van der Waals surface area contributed by atoms with E-state index in [-0.39, 0.29) is 20.8 Å². The molecule has 0 amide bonds. The summed E-state index contributed by atoms with van der Waals surface area (Å²) in [5, 5.41) is -0.773. The van der Waals surface area contributed by atoms with Crippen molar-refractivity contribution in [3.8, 4) is 11.4 Å². The molecular formula is C11H4Cl4F4N2O2S. The molecule has 4 nitrogen and oxygen atoms in total. The van der Waals surface area contributed by atoms with Crippen molar-refractivity contribution in [1.29, 1.82) is 0 Å². The van der Waals surface area contributed by atoms with Gasteiger partial charge in [-0.05, 0) is 23.2 Å². The first kappa shape index (κ1) is 19.7. The van der Waals surface area contributed by atoms with E-state index in [2.05, 4.69) is 9.72 Å². The van der Waals surface area contributed by atoms with E-state index in [4.69, 9.17) is 46.4 Å². The van der Waals surface area contributed by atoms with Crippen LogP contribution in [0.3, 0.4) is 0 Å². The molecule has 0 saturated heterocycles. The minimum absolute atomic E-state index is 0.0113. The van der Waals surface area contributed by atoms with E-state index in [0.29, 0.717) is 0 Å². The minimum Gasteiger partial charge on any atom is -0.606 e. The maximum absolute atomic E-state index is 13.3. The molecule has 0 N–H and O–H groups in total. The van der Waals surface area contributed by atoms with Gasteiger partial charge in [0.1, 0.15) is 12.1 Å². The van der Waals surface area contributed by atoms with Gasteiger partial charge < -0.3 is 9.29 Å². The molecule has 0 bridgehead atoms. The molecule has 0 saturated carbocycles. The molecule has 0 spiro atoms. The Kier molecular flexibility index (Phi) is 5.73. The molecule has 1 heterocycles. The number of hydrogen-bond donors (Lipinski definition) is 0. The quantitative estimate of drug-likeness (QED) is 0.367. The van der Waals surface area contributed by atoms with Gasteiger partial charge in [0.15, 0.2) is 0 Å². The number of aromatic nitrogens is 2. The van der Waals surface area contributed by atoms with Crippen molar-refractivity contribution < 1.29 is 26.9 Å². The number of alkyl halides is 6. The van der Waals surface area contributed by atoms with Gasteiger partial charge in [-0.25, -0.2) is 0 Å². The van der Waals surface area contributed by atoms with Crippen LogP contribution in [0.2, 0.25) is 10.0 Å². The number of benzene rings is 1. The Morgan fingerprint density at radius 3 is 2.12 bits per heavy atom. The molecule has 2 aromatic rings. The number of ether oxygens (including phenoxy) is 1. The first-order chi connectivity index (χ1) is 10.9.